The Morgan fingerprint density at radius 2 is 2.33 bits per heavy atom. The summed E-state index contributed by atoms with van der Waals surface area (Å²) in [6.07, 6.45) is 1.42. The standard InChI is InChI=1S/C10H10N4O3S/c1-13-10(11-6-12-13)18-9-3-2-8(14(16)17)4-7(9)5-15/h2-4,6,15H,5H2,1H3. The molecular weight excluding hydrogens is 256 g/mol. The van der Waals surface area contributed by atoms with Crippen molar-refractivity contribution in [3.8, 4) is 0 Å². The average molecular weight is 266 g/mol. The largest absolute Gasteiger partial charge is 0.392 e. The van der Waals surface area contributed by atoms with E-state index in [1.165, 1.54) is 30.2 Å². The Hall–Kier alpha value is -1.93. The van der Waals surface area contributed by atoms with Crippen LogP contribution < -0.4 is 0 Å². The number of nitro benzene ring substituents is 1. The van der Waals surface area contributed by atoms with Gasteiger partial charge in [0.25, 0.3) is 5.69 Å². The van der Waals surface area contributed by atoms with E-state index in [4.69, 9.17) is 0 Å². The Labute approximate surface area is 107 Å². The summed E-state index contributed by atoms with van der Waals surface area (Å²) in [5, 5.41) is 24.5. The summed E-state index contributed by atoms with van der Waals surface area (Å²) < 4.78 is 1.59. The fourth-order valence-electron chi connectivity index (χ4n) is 1.38. The zero-order valence-electron chi connectivity index (χ0n) is 9.48. The minimum absolute atomic E-state index is 0.0404. The third kappa shape index (κ3) is 2.49. The van der Waals surface area contributed by atoms with Gasteiger partial charge in [-0.1, -0.05) is 0 Å². The molecule has 0 saturated carbocycles. The summed E-state index contributed by atoms with van der Waals surface area (Å²) in [6, 6.07) is 4.36. The van der Waals surface area contributed by atoms with Crippen LogP contribution >= 0.6 is 11.8 Å². The van der Waals surface area contributed by atoms with Crippen molar-refractivity contribution in [2.45, 2.75) is 16.7 Å². The lowest BCUT2D eigenvalue weighted by Crippen LogP contribution is -1.96. The highest BCUT2D eigenvalue weighted by Crippen LogP contribution is 2.30. The molecule has 7 nitrogen and oxygen atoms in total. The molecule has 8 heteroatoms. The normalized spacial score (nSPS) is 10.6. The maximum atomic E-state index is 10.6. The number of non-ortho nitro benzene ring substituents is 1. The van der Waals surface area contributed by atoms with Gasteiger partial charge in [0, 0.05) is 24.1 Å². The van der Waals surface area contributed by atoms with Crippen molar-refractivity contribution in [2.75, 3.05) is 0 Å². The van der Waals surface area contributed by atoms with E-state index in [1.54, 1.807) is 17.8 Å². The van der Waals surface area contributed by atoms with Crippen molar-refractivity contribution < 1.29 is 10.0 Å². The SMILES string of the molecule is Cn1ncnc1Sc1ccc([N+](=O)[O-])cc1CO. The van der Waals surface area contributed by atoms with Crippen molar-refractivity contribution in [1.29, 1.82) is 0 Å². The highest BCUT2D eigenvalue weighted by molar-refractivity contribution is 7.99. The Morgan fingerprint density at radius 1 is 1.56 bits per heavy atom. The van der Waals surface area contributed by atoms with Gasteiger partial charge in [-0.25, -0.2) is 9.67 Å². The summed E-state index contributed by atoms with van der Waals surface area (Å²) >= 11 is 1.30. The van der Waals surface area contributed by atoms with Crippen molar-refractivity contribution in [3.05, 3.63) is 40.2 Å². The van der Waals surface area contributed by atoms with Gasteiger partial charge >= 0.3 is 0 Å². The van der Waals surface area contributed by atoms with Gasteiger partial charge in [-0.3, -0.25) is 10.1 Å². The Balaban J connectivity index is 2.33. The zero-order chi connectivity index (χ0) is 13.1. The quantitative estimate of drug-likeness (QED) is 0.663. The van der Waals surface area contributed by atoms with Crippen LogP contribution in [0.3, 0.4) is 0 Å². The first kappa shape index (κ1) is 12.5. The molecule has 0 radical (unpaired) electrons. The third-order valence-corrected chi connectivity index (χ3v) is 3.47. The number of nitro groups is 1. The summed E-state index contributed by atoms with van der Waals surface area (Å²) in [4.78, 5) is 14.9. The highest BCUT2D eigenvalue weighted by atomic mass is 32.2. The molecule has 18 heavy (non-hydrogen) atoms. The molecule has 0 atom stereocenters. The molecule has 0 spiro atoms. The van der Waals surface area contributed by atoms with Crippen LogP contribution in [0.5, 0.6) is 0 Å². The van der Waals surface area contributed by atoms with Crippen molar-refractivity contribution >= 4 is 17.4 Å². The second-order valence-corrected chi connectivity index (χ2v) is 4.48. The van der Waals surface area contributed by atoms with Crippen LogP contribution in [0.25, 0.3) is 0 Å². The van der Waals surface area contributed by atoms with Crippen LogP contribution in [0.15, 0.2) is 34.6 Å². The topological polar surface area (TPSA) is 94.1 Å². The van der Waals surface area contributed by atoms with Gasteiger partial charge in [-0.05, 0) is 23.4 Å². The molecule has 0 aliphatic carbocycles. The molecule has 0 fully saturated rings. The number of hydrogen-bond donors (Lipinski definition) is 1. The van der Waals surface area contributed by atoms with Gasteiger partial charge in [0.1, 0.15) is 6.33 Å². The van der Waals surface area contributed by atoms with Crippen LogP contribution in [0.4, 0.5) is 5.69 Å². The van der Waals surface area contributed by atoms with Gasteiger partial charge < -0.3 is 5.11 Å². The smallest absolute Gasteiger partial charge is 0.269 e. The summed E-state index contributed by atoms with van der Waals surface area (Å²) in [5.41, 5.74) is 0.457. The fourth-order valence-corrected chi connectivity index (χ4v) is 2.25. The van der Waals surface area contributed by atoms with Crippen molar-refractivity contribution in [2.24, 2.45) is 7.05 Å². The minimum atomic E-state index is -0.490. The molecule has 1 heterocycles. The Bertz CT molecular complexity index is 584. The Kier molecular flexibility index (Phi) is 3.58. The van der Waals surface area contributed by atoms with E-state index >= 15 is 0 Å². The lowest BCUT2D eigenvalue weighted by atomic mass is 10.2. The summed E-state index contributed by atoms with van der Waals surface area (Å²) in [5.74, 6) is 0. The van der Waals surface area contributed by atoms with Gasteiger partial charge in [0.2, 0.25) is 0 Å². The summed E-state index contributed by atoms with van der Waals surface area (Å²) in [6.45, 7) is -0.262. The van der Waals surface area contributed by atoms with E-state index < -0.39 is 4.92 Å². The highest BCUT2D eigenvalue weighted by Gasteiger charge is 2.13. The molecule has 2 rings (SSSR count). The van der Waals surface area contributed by atoms with E-state index in [0.29, 0.717) is 10.7 Å². The van der Waals surface area contributed by atoms with Gasteiger partial charge in [-0.2, -0.15) is 5.10 Å². The molecule has 1 aromatic heterocycles. The molecule has 1 aromatic carbocycles. The number of aliphatic hydroxyl groups is 1. The van der Waals surface area contributed by atoms with Gasteiger partial charge in [0.15, 0.2) is 5.16 Å². The molecule has 0 amide bonds. The number of nitrogens with zero attached hydrogens (tertiary/aromatic N) is 4. The molecule has 2 aromatic rings. The first-order chi connectivity index (χ1) is 8.61. The van der Waals surface area contributed by atoms with Crippen LogP contribution in [0.1, 0.15) is 5.56 Å². The monoisotopic (exact) mass is 266 g/mol. The molecule has 94 valence electrons. The third-order valence-electron chi connectivity index (χ3n) is 2.30. The van der Waals surface area contributed by atoms with Gasteiger partial charge in [0.05, 0.1) is 11.5 Å². The Morgan fingerprint density at radius 3 is 2.89 bits per heavy atom. The second-order valence-electron chi connectivity index (χ2n) is 3.48. The maximum Gasteiger partial charge on any atom is 0.269 e. The van der Waals surface area contributed by atoms with Crippen LogP contribution in [0.2, 0.25) is 0 Å². The number of rotatable bonds is 4. The molecule has 0 unspecified atom stereocenters. The van der Waals surface area contributed by atoms with E-state index in [9.17, 15) is 15.2 Å². The van der Waals surface area contributed by atoms with Crippen molar-refractivity contribution in [1.82, 2.24) is 14.8 Å². The average Bonchev–Trinajstić information content (AvgIpc) is 2.75. The van der Waals surface area contributed by atoms with E-state index in [0.717, 1.165) is 4.90 Å². The molecule has 0 bridgehead atoms. The van der Waals surface area contributed by atoms with E-state index in [-0.39, 0.29) is 12.3 Å². The predicted octanol–water partition coefficient (Wildman–Crippen LogP) is 1.37. The fraction of sp³-hybridized carbons (Fsp3) is 0.200. The van der Waals surface area contributed by atoms with Gasteiger partial charge in [-0.15, -0.1) is 0 Å². The zero-order valence-corrected chi connectivity index (χ0v) is 10.3. The van der Waals surface area contributed by atoms with Crippen molar-refractivity contribution in [3.63, 3.8) is 0 Å². The van der Waals surface area contributed by atoms with E-state index in [1.807, 2.05) is 0 Å². The molecule has 0 aliphatic heterocycles. The van der Waals surface area contributed by atoms with Crippen LogP contribution in [-0.4, -0.2) is 24.8 Å². The lowest BCUT2D eigenvalue weighted by molar-refractivity contribution is -0.385. The number of hydrogen-bond acceptors (Lipinski definition) is 6. The van der Waals surface area contributed by atoms with E-state index in [2.05, 4.69) is 10.1 Å². The second kappa shape index (κ2) is 5.15. The lowest BCUT2D eigenvalue weighted by Gasteiger charge is -2.05. The number of aliphatic hydroxyl groups excluding tert-OH is 1. The van der Waals surface area contributed by atoms with Crippen LogP contribution in [-0.2, 0) is 13.7 Å². The first-order valence-electron chi connectivity index (χ1n) is 5.02. The molecule has 0 saturated heterocycles. The molecule has 1 N–H and O–H groups in total. The predicted molar refractivity (Wildman–Crippen MR) is 64.1 cm³/mol. The van der Waals surface area contributed by atoms with Crippen LogP contribution in [0, 0.1) is 10.1 Å². The first-order valence-corrected chi connectivity index (χ1v) is 5.83. The summed E-state index contributed by atoms with van der Waals surface area (Å²) in [7, 11) is 1.75. The number of aryl methyl sites for hydroxylation is 1. The number of aromatic nitrogens is 3. The molecule has 0 aliphatic rings. The molecular formula is C10H10N4O3S. The number of benzene rings is 1. The maximum absolute atomic E-state index is 10.6. The minimum Gasteiger partial charge on any atom is -0.392 e.